The number of rotatable bonds is 3. The highest BCUT2D eigenvalue weighted by Gasteiger charge is 2.35. The van der Waals surface area contributed by atoms with Crippen molar-refractivity contribution < 1.29 is 9.59 Å². The second kappa shape index (κ2) is 8.26. The molecule has 2 amide bonds. The molecule has 1 aliphatic rings. The van der Waals surface area contributed by atoms with Crippen LogP contribution >= 0.6 is 35.4 Å². The summed E-state index contributed by atoms with van der Waals surface area (Å²) in [6, 6.07) is 14.3. The van der Waals surface area contributed by atoms with E-state index in [1.165, 1.54) is 11.0 Å². The number of hydrogen-bond donors (Lipinski definition) is 1. The van der Waals surface area contributed by atoms with Crippen LogP contribution in [-0.2, 0) is 9.59 Å². The molecule has 0 bridgehead atoms. The fraction of sp³-hybridized carbons (Fsp3) is 0.0909. The Labute approximate surface area is 194 Å². The van der Waals surface area contributed by atoms with E-state index in [0.717, 1.165) is 11.3 Å². The topological polar surface area (TPSA) is 67.2 Å². The van der Waals surface area contributed by atoms with Crippen molar-refractivity contribution in [3.05, 3.63) is 81.1 Å². The van der Waals surface area contributed by atoms with Gasteiger partial charge in [0.1, 0.15) is 10.7 Å². The van der Waals surface area contributed by atoms with Crippen LogP contribution in [0.15, 0.2) is 54.1 Å². The normalized spacial score (nSPS) is 15.5. The summed E-state index contributed by atoms with van der Waals surface area (Å²) >= 11 is 17.7. The molecule has 1 saturated heterocycles. The molecule has 3 aromatic rings. The Hall–Kier alpha value is -3.00. The molecular weight excluding hydrogens is 455 g/mol. The van der Waals surface area contributed by atoms with E-state index in [4.69, 9.17) is 35.4 Å². The zero-order chi connectivity index (χ0) is 22.3. The molecule has 2 heterocycles. The third-order valence-electron chi connectivity index (χ3n) is 4.80. The number of nitrogens with one attached hydrogen (secondary N) is 1. The lowest BCUT2D eigenvalue weighted by molar-refractivity contribution is -0.122. The van der Waals surface area contributed by atoms with Crippen LogP contribution in [0.4, 0.5) is 5.69 Å². The fourth-order valence-electron chi connectivity index (χ4n) is 3.16. The minimum absolute atomic E-state index is 0.00681. The maximum absolute atomic E-state index is 13.2. The van der Waals surface area contributed by atoms with Gasteiger partial charge in [0.25, 0.3) is 11.8 Å². The number of carbonyl (C=O) groups is 2. The Bertz CT molecular complexity index is 1250. The Morgan fingerprint density at radius 2 is 1.58 bits per heavy atom. The lowest BCUT2D eigenvalue weighted by atomic mass is 10.1. The number of thiocarbonyl (C=S) groups is 1. The molecule has 4 rings (SSSR count). The number of nitrogens with zero attached hydrogens (tertiary/aromatic N) is 3. The molecule has 0 atom stereocenters. The standard InChI is InChI=1S/C22H16Cl2N4O2S/c1-12-3-7-16(8-4-12)28-19(24)17(13(2)26-28)11-18-20(29)25-22(31)27(21(18)30)15-9-5-14(23)6-10-15/h3-11H,1-2H3,(H,25,29,31)/b18-11+. The number of anilines is 1. The predicted molar refractivity (Wildman–Crippen MR) is 126 cm³/mol. The Morgan fingerprint density at radius 1 is 0.968 bits per heavy atom. The average molecular weight is 471 g/mol. The first kappa shape index (κ1) is 21.2. The molecule has 0 spiro atoms. The first-order valence-electron chi connectivity index (χ1n) is 9.25. The summed E-state index contributed by atoms with van der Waals surface area (Å²) in [6.45, 7) is 3.75. The van der Waals surface area contributed by atoms with Crippen molar-refractivity contribution in [2.45, 2.75) is 13.8 Å². The third-order valence-corrected chi connectivity index (χ3v) is 5.70. The van der Waals surface area contributed by atoms with Gasteiger partial charge in [0.05, 0.1) is 17.1 Å². The van der Waals surface area contributed by atoms with Crippen LogP contribution in [0.1, 0.15) is 16.8 Å². The zero-order valence-electron chi connectivity index (χ0n) is 16.5. The number of amides is 2. The van der Waals surface area contributed by atoms with Crippen molar-refractivity contribution in [1.29, 1.82) is 0 Å². The molecule has 0 saturated carbocycles. The lowest BCUT2D eigenvalue weighted by Gasteiger charge is -2.28. The van der Waals surface area contributed by atoms with Crippen molar-refractivity contribution >= 4 is 64.1 Å². The molecule has 9 heteroatoms. The summed E-state index contributed by atoms with van der Waals surface area (Å²) in [5.41, 5.74) is 3.32. The summed E-state index contributed by atoms with van der Waals surface area (Å²) < 4.78 is 1.57. The van der Waals surface area contributed by atoms with Crippen LogP contribution < -0.4 is 10.2 Å². The quantitative estimate of drug-likeness (QED) is 0.344. The Morgan fingerprint density at radius 3 is 2.23 bits per heavy atom. The zero-order valence-corrected chi connectivity index (χ0v) is 18.8. The molecule has 1 fully saturated rings. The minimum atomic E-state index is -0.598. The number of carbonyl (C=O) groups excluding carboxylic acids is 2. The summed E-state index contributed by atoms with van der Waals surface area (Å²) in [5.74, 6) is -1.16. The van der Waals surface area contributed by atoms with Gasteiger partial charge in [-0.15, -0.1) is 0 Å². The van der Waals surface area contributed by atoms with E-state index in [0.29, 0.717) is 27.1 Å². The predicted octanol–water partition coefficient (Wildman–Crippen LogP) is 4.63. The van der Waals surface area contributed by atoms with Gasteiger partial charge in [0.2, 0.25) is 0 Å². The maximum atomic E-state index is 13.2. The molecule has 1 aliphatic heterocycles. The molecule has 1 N–H and O–H groups in total. The number of aryl methyl sites for hydroxylation is 2. The lowest BCUT2D eigenvalue weighted by Crippen LogP contribution is -2.54. The van der Waals surface area contributed by atoms with Crippen LogP contribution in [0, 0.1) is 13.8 Å². The van der Waals surface area contributed by atoms with Gasteiger partial charge < -0.3 is 0 Å². The Kier molecular flexibility index (Phi) is 5.66. The van der Waals surface area contributed by atoms with E-state index < -0.39 is 11.8 Å². The van der Waals surface area contributed by atoms with Crippen molar-refractivity contribution in [2.24, 2.45) is 0 Å². The van der Waals surface area contributed by atoms with Crippen LogP contribution in [0.3, 0.4) is 0 Å². The molecule has 0 aliphatic carbocycles. The number of aromatic nitrogens is 2. The molecule has 0 unspecified atom stereocenters. The van der Waals surface area contributed by atoms with Gasteiger partial charge in [-0.2, -0.15) is 5.10 Å². The van der Waals surface area contributed by atoms with Crippen LogP contribution in [-0.4, -0.2) is 26.7 Å². The van der Waals surface area contributed by atoms with Crippen molar-refractivity contribution in [3.8, 4) is 5.69 Å². The molecule has 6 nitrogen and oxygen atoms in total. The maximum Gasteiger partial charge on any atom is 0.270 e. The van der Waals surface area contributed by atoms with Crippen molar-refractivity contribution in [3.63, 3.8) is 0 Å². The number of hydrogen-bond acceptors (Lipinski definition) is 4. The molecule has 31 heavy (non-hydrogen) atoms. The third kappa shape index (κ3) is 3.99. The SMILES string of the molecule is Cc1ccc(-n2nc(C)c(/C=C3\C(=O)NC(=S)N(c4ccc(Cl)cc4)C3=O)c2Cl)cc1. The molecule has 1 aromatic heterocycles. The van der Waals surface area contributed by atoms with E-state index >= 15 is 0 Å². The first-order valence-corrected chi connectivity index (χ1v) is 10.4. The number of halogens is 2. The first-order chi connectivity index (χ1) is 14.8. The van der Waals surface area contributed by atoms with Gasteiger partial charge in [-0.3, -0.25) is 19.8 Å². The number of benzene rings is 2. The molecule has 2 aromatic carbocycles. The summed E-state index contributed by atoms with van der Waals surface area (Å²) in [7, 11) is 0. The second-order valence-corrected chi connectivity index (χ2v) is 8.15. The highest BCUT2D eigenvalue weighted by molar-refractivity contribution is 7.80. The average Bonchev–Trinajstić information content (AvgIpc) is 3.01. The largest absolute Gasteiger partial charge is 0.298 e. The highest BCUT2D eigenvalue weighted by Crippen LogP contribution is 2.28. The Balaban J connectivity index is 1.76. The minimum Gasteiger partial charge on any atom is -0.298 e. The van der Waals surface area contributed by atoms with Gasteiger partial charge in [0, 0.05) is 10.6 Å². The van der Waals surface area contributed by atoms with Gasteiger partial charge in [0.15, 0.2) is 5.11 Å². The summed E-state index contributed by atoms with van der Waals surface area (Å²) in [6.07, 6.45) is 1.44. The summed E-state index contributed by atoms with van der Waals surface area (Å²) in [4.78, 5) is 27.0. The van der Waals surface area contributed by atoms with Crippen LogP contribution in [0.2, 0.25) is 10.2 Å². The van der Waals surface area contributed by atoms with E-state index in [-0.39, 0.29) is 10.7 Å². The van der Waals surface area contributed by atoms with Gasteiger partial charge in [-0.05, 0) is 68.5 Å². The monoisotopic (exact) mass is 470 g/mol. The van der Waals surface area contributed by atoms with Crippen molar-refractivity contribution in [2.75, 3.05) is 4.90 Å². The molecule has 0 radical (unpaired) electrons. The van der Waals surface area contributed by atoms with Gasteiger partial charge in [-0.25, -0.2) is 4.68 Å². The van der Waals surface area contributed by atoms with E-state index in [2.05, 4.69) is 10.4 Å². The smallest absolute Gasteiger partial charge is 0.270 e. The second-order valence-electron chi connectivity index (χ2n) is 6.97. The molecule has 156 valence electrons. The van der Waals surface area contributed by atoms with E-state index in [9.17, 15) is 9.59 Å². The van der Waals surface area contributed by atoms with Gasteiger partial charge in [-0.1, -0.05) is 40.9 Å². The van der Waals surface area contributed by atoms with Gasteiger partial charge >= 0.3 is 0 Å². The van der Waals surface area contributed by atoms with Crippen LogP contribution in [0.25, 0.3) is 11.8 Å². The fourth-order valence-corrected chi connectivity index (χ4v) is 3.89. The van der Waals surface area contributed by atoms with E-state index in [1.807, 2.05) is 31.2 Å². The van der Waals surface area contributed by atoms with Crippen molar-refractivity contribution in [1.82, 2.24) is 15.1 Å². The highest BCUT2D eigenvalue weighted by atomic mass is 35.5. The summed E-state index contributed by atoms with van der Waals surface area (Å²) in [5, 5.41) is 7.83. The van der Waals surface area contributed by atoms with E-state index in [1.54, 1.807) is 35.9 Å². The van der Waals surface area contributed by atoms with Crippen LogP contribution in [0.5, 0.6) is 0 Å². The molecular formula is C22H16Cl2N4O2S.